The van der Waals surface area contributed by atoms with Gasteiger partial charge in [-0.2, -0.15) is 0 Å². The van der Waals surface area contributed by atoms with Crippen LogP contribution in [0.2, 0.25) is 0 Å². The summed E-state index contributed by atoms with van der Waals surface area (Å²) in [6.45, 7) is 3.17. The van der Waals surface area contributed by atoms with Gasteiger partial charge in [0, 0.05) is 19.1 Å². The topological polar surface area (TPSA) is 96.5 Å². The Bertz CT molecular complexity index is 823. The minimum Gasteiger partial charge on any atom is -0.450 e. The van der Waals surface area contributed by atoms with Gasteiger partial charge in [0.25, 0.3) is 5.91 Å². The molecule has 2 N–H and O–H groups in total. The van der Waals surface area contributed by atoms with Gasteiger partial charge in [0.15, 0.2) is 11.5 Å². The number of rotatable bonds is 5. The van der Waals surface area contributed by atoms with Crippen molar-refractivity contribution < 1.29 is 18.7 Å². The zero-order valence-electron chi connectivity index (χ0n) is 15.5. The predicted molar refractivity (Wildman–Crippen MR) is 101 cm³/mol. The molecule has 1 aromatic heterocycles. The molecule has 1 fully saturated rings. The fraction of sp³-hybridized carbons (Fsp3) is 0.368. The number of hydrogen-bond acceptors (Lipinski definition) is 6. The van der Waals surface area contributed by atoms with Crippen molar-refractivity contribution in [3.8, 4) is 0 Å². The zero-order chi connectivity index (χ0) is 19.9. The largest absolute Gasteiger partial charge is 0.450 e. The lowest BCUT2D eigenvalue weighted by Crippen LogP contribution is -2.46. The van der Waals surface area contributed by atoms with Gasteiger partial charge in [-0.15, -0.1) is 10.2 Å². The number of carbonyl (C=O) groups is 2. The molecular weight excluding hydrogens is 365 g/mol. The highest BCUT2D eigenvalue weighted by Gasteiger charge is 2.25. The van der Waals surface area contributed by atoms with Gasteiger partial charge >= 0.3 is 6.09 Å². The molecule has 0 atom stereocenters. The van der Waals surface area contributed by atoms with Crippen molar-refractivity contribution in [2.75, 3.05) is 25.0 Å². The van der Waals surface area contributed by atoms with E-state index in [1.54, 1.807) is 36.1 Å². The van der Waals surface area contributed by atoms with E-state index in [0.717, 1.165) is 0 Å². The minimum atomic E-state index is -0.403. The third-order valence-corrected chi connectivity index (χ3v) is 4.39. The van der Waals surface area contributed by atoms with E-state index in [0.29, 0.717) is 38.4 Å². The van der Waals surface area contributed by atoms with Crippen LogP contribution in [0.3, 0.4) is 0 Å². The molecule has 2 aromatic rings. The van der Waals surface area contributed by atoms with Crippen LogP contribution in [0.5, 0.6) is 0 Å². The van der Waals surface area contributed by atoms with Crippen molar-refractivity contribution in [2.24, 2.45) is 0 Å². The molecule has 0 aliphatic carbocycles. The van der Waals surface area contributed by atoms with E-state index in [2.05, 4.69) is 20.8 Å². The Kier molecular flexibility index (Phi) is 6.36. The Morgan fingerprint density at radius 2 is 1.93 bits per heavy atom. The number of hydrogen-bond donors (Lipinski definition) is 2. The van der Waals surface area contributed by atoms with E-state index in [1.165, 1.54) is 12.1 Å². The van der Waals surface area contributed by atoms with Crippen LogP contribution in [0.4, 0.5) is 20.7 Å². The van der Waals surface area contributed by atoms with Crippen molar-refractivity contribution in [1.29, 1.82) is 0 Å². The summed E-state index contributed by atoms with van der Waals surface area (Å²) in [4.78, 5) is 25.7. The first kappa shape index (κ1) is 19.5. The lowest BCUT2D eigenvalue weighted by Gasteiger charge is -2.31. The summed E-state index contributed by atoms with van der Waals surface area (Å²) in [5.74, 6) is -0.399. The number of benzene rings is 1. The number of aromatic nitrogens is 2. The van der Waals surface area contributed by atoms with E-state index >= 15 is 0 Å². The summed E-state index contributed by atoms with van der Waals surface area (Å²) in [5.41, 5.74) is 0.453. The molecular formula is C19H22FN5O3. The number of piperidine rings is 1. The third-order valence-electron chi connectivity index (χ3n) is 4.39. The smallest absolute Gasteiger partial charge is 0.409 e. The van der Waals surface area contributed by atoms with Crippen molar-refractivity contribution in [2.45, 2.75) is 25.8 Å². The molecule has 0 spiro atoms. The first-order chi connectivity index (χ1) is 13.6. The maximum Gasteiger partial charge on any atom is 0.409 e. The van der Waals surface area contributed by atoms with Crippen LogP contribution in [0, 0.1) is 5.82 Å². The SMILES string of the molecule is CCOC(=O)N1CCC(NC(=O)c2ccc(Nc3ccccc3F)nn2)CC1. The summed E-state index contributed by atoms with van der Waals surface area (Å²) < 4.78 is 18.6. The van der Waals surface area contributed by atoms with Gasteiger partial charge in [0.2, 0.25) is 0 Å². The molecule has 0 unspecified atom stereocenters. The third kappa shape index (κ3) is 4.93. The molecule has 9 heteroatoms. The second-order valence-electron chi connectivity index (χ2n) is 6.34. The lowest BCUT2D eigenvalue weighted by atomic mass is 10.1. The number of nitrogens with zero attached hydrogens (tertiary/aromatic N) is 3. The fourth-order valence-electron chi connectivity index (χ4n) is 2.90. The molecule has 0 saturated carbocycles. The number of nitrogens with one attached hydrogen (secondary N) is 2. The molecule has 28 heavy (non-hydrogen) atoms. The summed E-state index contributed by atoms with van der Waals surface area (Å²) in [5, 5.41) is 13.6. The second kappa shape index (κ2) is 9.12. The summed E-state index contributed by atoms with van der Waals surface area (Å²) in [6.07, 6.45) is 0.964. The van der Waals surface area contributed by atoms with Crippen LogP contribution >= 0.6 is 0 Å². The van der Waals surface area contributed by atoms with Crippen molar-refractivity contribution in [3.63, 3.8) is 0 Å². The number of carbonyl (C=O) groups excluding carboxylic acids is 2. The van der Waals surface area contributed by atoms with Gasteiger partial charge < -0.3 is 20.3 Å². The maximum absolute atomic E-state index is 13.7. The van der Waals surface area contributed by atoms with Crippen LogP contribution in [0.25, 0.3) is 0 Å². The Hall–Kier alpha value is -3.23. The predicted octanol–water partition coefficient (Wildman–Crippen LogP) is 2.71. The van der Waals surface area contributed by atoms with E-state index in [4.69, 9.17) is 4.74 Å². The standard InChI is InChI=1S/C19H22FN5O3/c1-2-28-19(27)25-11-9-13(10-12-25)21-18(26)16-7-8-17(24-23-16)22-15-6-4-3-5-14(15)20/h3-8,13H,2,9-12H2,1H3,(H,21,26)(H,22,24). The minimum absolute atomic E-state index is 0.0452. The van der Waals surface area contributed by atoms with Gasteiger partial charge in [-0.05, 0) is 44.0 Å². The molecule has 2 heterocycles. The van der Waals surface area contributed by atoms with Crippen LogP contribution < -0.4 is 10.6 Å². The molecule has 1 aliphatic heterocycles. The molecule has 148 valence electrons. The highest BCUT2D eigenvalue weighted by molar-refractivity contribution is 5.92. The molecule has 1 saturated heterocycles. The molecule has 3 rings (SSSR count). The van der Waals surface area contributed by atoms with Crippen molar-refractivity contribution >= 4 is 23.5 Å². The van der Waals surface area contributed by atoms with Crippen molar-refractivity contribution in [1.82, 2.24) is 20.4 Å². The van der Waals surface area contributed by atoms with Crippen molar-refractivity contribution in [3.05, 3.63) is 47.9 Å². The van der Waals surface area contributed by atoms with E-state index in [9.17, 15) is 14.0 Å². The van der Waals surface area contributed by atoms with Crippen LogP contribution in [-0.2, 0) is 4.74 Å². The monoisotopic (exact) mass is 387 g/mol. The Morgan fingerprint density at radius 1 is 1.18 bits per heavy atom. The number of ether oxygens (including phenoxy) is 1. The Labute approximate surface area is 162 Å². The highest BCUT2D eigenvalue weighted by Crippen LogP contribution is 2.17. The second-order valence-corrected chi connectivity index (χ2v) is 6.34. The number of likely N-dealkylation sites (tertiary alicyclic amines) is 1. The van der Waals surface area contributed by atoms with Gasteiger partial charge in [-0.1, -0.05) is 12.1 Å². The average Bonchev–Trinajstić information content (AvgIpc) is 2.71. The van der Waals surface area contributed by atoms with Crippen LogP contribution in [-0.4, -0.2) is 52.8 Å². The fourth-order valence-corrected chi connectivity index (χ4v) is 2.90. The van der Waals surface area contributed by atoms with Gasteiger partial charge in [0.05, 0.1) is 12.3 Å². The number of amides is 2. The van der Waals surface area contributed by atoms with Crippen LogP contribution in [0.1, 0.15) is 30.3 Å². The summed E-state index contributed by atoms with van der Waals surface area (Å²) >= 11 is 0. The van der Waals surface area contributed by atoms with Gasteiger partial charge in [-0.25, -0.2) is 9.18 Å². The van der Waals surface area contributed by atoms with E-state index in [-0.39, 0.29) is 29.4 Å². The van der Waals surface area contributed by atoms with E-state index < -0.39 is 5.82 Å². The quantitative estimate of drug-likeness (QED) is 0.819. The normalized spacial score (nSPS) is 14.4. The number of halogens is 1. The number of para-hydroxylation sites is 1. The highest BCUT2D eigenvalue weighted by atomic mass is 19.1. The zero-order valence-corrected chi connectivity index (χ0v) is 15.5. The first-order valence-corrected chi connectivity index (χ1v) is 9.14. The first-order valence-electron chi connectivity index (χ1n) is 9.14. The van der Waals surface area contributed by atoms with Gasteiger partial charge in [0.1, 0.15) is 5.82 Å². The van der Waals surface area contributed by atoms with Gasteiger partial charge in [-0.3, -0.25) is 4.79 Å². The molecule has 0 bridgehead atoms. The average molecular weight is 387 g/mol. The summed E-state index contributed by atoms with van der Waals surface area (Å²) in [7, 11) is 0. The molecule has 1 aliphatic rings. The summed E-state index contributed by atoms with van der Waals surface area (Å²) in [6, 6.07) is 9.27. The number of anilines is 2. The lowest BCUT2D eigenvalue weighted by molar-refractivity contribution is 0.0856. The van der Waals surface area contributed by atoms with E-state index in [1.807, 2.05) is 0 Å². The molecule has 2 amide bonds. The Balaban J connectivity index is 1.51. The maximum atomic E-state index is 13.7. The molecule has 0 radical (unpaired) electrons. The molecule has 8 nitrogen and oxygen atoms in total. The Morgan fingerprint density at radius 3 is 2.57 bits per heavy atom. The van der Waals surface area contributed by atoms with Crippen LogP contribution in [0.15, 0.2) is 36.4 Å². The molecule has 1 aromatic carbocycles.